The predicted octanol–water partition coefficient (Wildman–Crippen LogP) is 4.15. The Labute approximate surface area is 189 Å². The van der Waals surface area contributed by atoms with Gasteiger partial charge in [0.15, 0.2) is 0 Å². The molecular weight excluding hydrogens is 424 g/mol. The molecule has 6 nitrogen and oxygen atoms in total. The smallest absolute Gasteiger partial charge is 0.232 e. The summed E-state index contributed by atoms with van der Waals surface area (Å²) in [6.07, 6.45) is 1.74. The third kappa shape index (κ3) is 6.34. The molecule has 0 unspecified atom stereocenters. The second-order valence-electron chi connectivity index (χ2n) is 7.46. The van der Waals surface area contributed by atoms with Gasteiger partial charge < -0.3 is 10.1 Å². The van der Waals surface area contributed by atoms with Crippen LogP contribution in [0.4, 0.5) is 5.69 Å². The Bertz CT molecular complexity index is 1080. The Morgan fingerprint density at radius 2 is 1.53 bits per heavy atom. The minimum atomic E-state index is -3.50. The van der Waals surface area contributed by atoms with Gasteiger partial charge in [0.1, 0.15) is 5.75 Å². The number of amides is 1. The Morgan fingerprint density at radius 1 is 0.938 bits per heavy atom. The Kier molecular flexibility index (Phi) is 7.89. The van der Waals surface area contributed by atoms with Crippen LogP contribution < -0.4 is 14.4 Å². The number of hydrogen-bond acceptors (Lipinski definition) is 4. The molecule has 3 rings (SSSR count). The molecule has 0 saturated carbocycles. The number of ether oxygens (including phenoxy) is 1. The van der Waals surface area contributed by atoms with Crippen molar-refractivity contribution >= 4 is 21.6 Å². The number of anilines is 1. The molecule has 168 valence electrons. The first-order valence-corrected chi connectivity index (χ1v) is 12.2. The average Bonchev–Trinajstić information content (AvgIpc) is 2.80. The summed E-state index contributed by atoms with van der Waals surface area (Å²) < 4.78 is 31.2. The molecule has 0 aromatic heterocycles. The minimum absolute atomic E-state index is 0.137. The molecule has 0 atom stereocenters. The topological polar surface area (TPSA) is 75.7 Å². The van der Waals surface area contributed by atoms with Crippen LogP contribution in [-0.4, -0.2) is 34.2 Å². The van der Waals surface area contributed by atoms with Crippen LogP contribution >= 0.6 is 0 Å². The van der Waals surface area contributed by atoms with E-state index in [1.165, 1.54) is 11.4 Å². The van der Waals surface area contributed by atoms with E-state index in [2.05, 4.69) is 5.32 Å². The summed E-state index contributed by atoms with van der Waals surface area (Å²) in [5.41, 5.74) is 2.49. The van der Waals surface area contributed by atoms with Crippen LogP contribution in [0.1, 0.15) is 30.0 Å². The zero-order valence-electron chi connectivity index (χ0n) is 18.3. The maximum absolute atomic E-state index is 12.8. The number of benzene rings is 3. The lowest BCUT2D eigenvalue weighted by Crippen LogP contribution is -2.33. The molecule has 3 aromatic carbocycles. The van der Waals surface area contributed by atoms with E-state index in [1.54, 1.807) is 24.3 Å². The van der Waals surface area contributed by atoms with Crippen LogP contribution in [0.5, 0.6) is 5.75 Å². The highest BCUT2D eigenvalue weighted by molar-refractivity contribution is 7.92. The summed E-state index contributed by atoms with van der Waals surface area (Å²) in [6.45, 7) is 0.195. The third-order valence-electron chi connectivity index (χ3n) is 5.08. The highest BCUT2D eigenvalue weighted by atomic mass is 32.2. The molecule has 0 heterocycles. The number of carbonyl (C=O) groups excluding carboxylic acids is 1. The highest BCUT2D eigenvalue weighted by Gasteiger charge is 2.20. The quantitative estimate of drug-likeness (QED) is 0.501. The van der Waals surface area contributed by atoms with Gasteiger partial charge in [0.25, 0.3) is 0 Å². The summed E-state index contributed by atoms with van der Waals surface area (Å²) in [4.78, 5) is 12.8. The maximum atomic E-state index is 12.8. The molecule has 1 N–H and O–H groups in total. The number of nitrogens with one attached hydrogen (secondary N) is 1. The Morgan fingerprint density at radius 3 is 2.06 bits per heavy atom. The van der Waals surface area contributed by atoms with E-state index in [1.807, 2.05) is 60.7 Å². The zero-order valence-corrected chi connectivity index (χ0v) is 19.1. The molecule has 0 saturated heterocycles. The van der Waals surface area contributed by atoms with Crippen LogP contribution in [0, 0.1) is 0 Å². The van der Waals surface area contributed by atoms with Crippen molar-refractivity contribution in [1.82, 2.24) is 5.32 Å². The number of carbonyl (C=O) groups is 1. The minimum Gasteiger partial charge on any atom is -0.497 e. The van der Waals surface area contributed by atoms with Gasteiger partial charge in [-0.05, 0) is 29.7 Å². The highest BCUT2D eigenvalue weighted by Crippen LogP contribution is 2.24. The van der Waals surface area contributed by atoms with Gasteiger partial charge in [0, 0.05) is 19.0 Å². The van der Waals surface area contributed by atoms with Crippen molar-refractivity contribution in [2.75, 3.05) is 24.2 Å². The van der Waals surface area contributed by atoms with Gasteiger partial charge in [0.2, 0.25) is 15.9 Å². The molecule has 0 aliphatic rings. The van der Waals surface area contributed by atoms with Gasteiger partial charge in [-0.15, -0.1) is 0 Å². The molecular formula is C25H28N2O4S. The number of nitrogens with zero attached hydrogens (tertiary/aromatic N) is 1. The molecule has 1 amide bonds. The predicted molar refractivity (Wildman–Crippen MR) is 127 cm³/mol. The van der Waals surface area contributed by atoms with Crippen LogP contribution in [0.3, 0.4) is 0 Å². The van der Waals surface area contributed by atoms with Crippen molar-refractivity contribution in [3.05, 3.63) is 96.1 Å². The lowest BCUT2D eigenvalue weighted by molar-refractivity contribution is -0.121. The van der Waals surface area contributed by atoms with Gasteiger partial charge in [-0.1, -0.05) is 66.7 Å². The average molecular weight is 453 g/mol. The number of rotatable bonds is 10. The monoisotopic (exact) mass is 452 g/mol. The van der Waals surface area contributed by atoms with E-state index in [4.69, 9.17) is 4.74 Å². The van der Waals surface area contributed by atoms with E-state index in [-0.39, 0.29) is 24.9 Å². The van der Waals surface area contributed by atoms with Crippen LogP contribution in [0.25, 0.3) is 0 Å². The SMILES string of the molecule is COc1cccc(N(CCCC(=O)NC(c2ccccc2)c2ccccc2)S(C)(=O)=O)c1. The lowest BCUT2D eigenvalue weighted by Gasteiger charge is -2.23. The molecule has 0 aliphatic heterocycles. The Balaban J connectivity index is 1.68. The van der Waals surface area contributed by atoms with E-state index < -0.39 is 10.0 Å². The number of sulfonamides is 1. The summed E-state index contributed by atoms with van der Waals surface area (Å²) >= 11 is 0. The summed E-state index contributed by atoms with van der Waals surface area (Å²) in [6, 6.07) is 26.2. The van der Waals surface area contributed by atoms with E-state index in [9.17, 15) is 13.2 Å². The van der Waals surface area contributed by atoms with Crippen molar-refractivity contribution in [2.24, 2.45) is 0 Å². The van der Waals surface area contributed by atoms with Crippen molar-refractivity contribution in [3.63, 3.8) is 0 Å². The van der Waals surface area contributed by atoms with Crippen LogP contribution in [0.15, 0.2) is 84.9 Å². The first kappa shape index (κ1) is 23.3. The summed E-state index contributed by atoms with van der Waals surface area (Å²) in [5.74, 6) is 0.434. The lowest BCUT2D eigenvalue weighted by atomic mass is 9.98. The standard InChI is InChI=1S/C25H28N2O4S/c1-31-23-16-9-15-22(19-23)27(32(2,29)30)18-10-17-24(28)26-25(20-11-5-3-6-12-20)21-13-7-4-8-14-21/h3-9,11-16,19,25H,10,17-18H2,1-2H3,(H,26,28). The van der Waals surface area contributed by atoms with Gasteiger partial charge in [0.05, 0.1) is 25.1 Å². The molecule has 0 aliphatic carbocycles. The van der Waals surface area contributed by atoms with Crippen LogP contribution in [-0.2, 0) is 14.8 Å². The second kappa shape index (κ2) is 10.8. The third-order valence-corrected chi connectivity index (χ3v) is 6.27. The molecule has 0 spiro atoms. The van der Waals surface area contributed by atoms with Gasteiger partial charge in [-0.2, -0.15) is 0 Å². The van der Waals surface area contributed by atoms with E-state index in [0.29, 0.717) is 17.9 Å². The number of methoxy groups -OCH3 is 1. The number of hydrogen-bond donors (Lipinski definition) is 1. The van der Waals surface area contributed by atoms with Crippen molar-refractivity contribution in [3.8, 4) is 5.75 Å². The molecule has 32 heavy (non-hydrogen) atoms. The zero-order chi connectivity index (χ0) is 23.0. The molecule has 3 aromatic rings. The fraction of sp³-hybridized carbons (Fsp3) is 0.240. The Hall–Kier alpha value is -3.32. The van der Waals surface area contributed by atoms with Gasteiger partial charge in [-0.3, -0.25) is 9.10 Å². The van der Waals surface area contributed by atoms with Crippen molar-refractivity contribution < 1.29 is 17.9 Å². The summed E-state index contributed by atoms with van der Waals surface area (Å²) in [5, 5.41) is 3.09. The maximum Gasteiger partial charge on any atom is 0.232 e. The van der Waals surface area contributed by atoms with Crippen molar-refractivity contribution in [2.45, 2.75) is 18.9 Å². The van der Waals surface area contributed by atoms with E-state index in [0.717, 1.165) is 17.4 Å². The fourth-order valence-corrected chi connectivity index (χ4v) is 4.48. The van der Waals surface area contributed by atoms with E-state index >= 15 is 0 Å². The van der Waals surface area contributed by atoms with Crippen LogP contribution in [0.2, 0.25) is 0 Å². The molecule has 0 radical (unpaired) electrons. The second-order valence-corrected chi connectivity index (χ2v) is 9.37. The molecule has 0 bridgehead atoms. The first-order chi connectivity index (χ1) is 15.4. The summed E-state index contributed by atoms with van der Waals surface area (Å²) in [7, 11) is -1.97. The molecule has 7 heteroatoms. The van der Waals surface area contributed by atoms with Gasteiger partial charge in [-0.25, -0.2) is 8.42 Å². The fourth-order valence-electron chi connectivity index (χ4n) is 3.52. The normalized spacial score (nSPS) is 11.2. The first-order valence-electron chi connectivity index (χ1n) is 10.4. The van der Waals surface area contributed by atoms with Gasteiger partial charge >= 0.3 is 0 Å². The van der Waals surface area contributed by atoms with Crippen molar-refractivity contribution in [1.29, 1.82) is 0 Å². The largest absolute Gasteiger partial charge is 0.497 e. The molecule has 0 fully saturated rings.